The first-order chi connectivity index (χ1) is 7.95. The summed E-state index contributed by atoms with van der Waals surface area (Å²) in [5.74, 6) is 0.337. The van der Waals surface area contributed by atoms with Crippen molar-refractivity contribution in [2.24, 2.45) is 5.73 Å². The van der Waals surface area contributed by atoms with Gasteiger partial charge in [-0.2, -0.15) is 4.31 Å². The largest absolute Gasteiger partial charge is 0.495 e. The molecule has 1 atom stereocenters. The molecule has 18 heavy (non-hydrogen) atoms. The van der Waals surface area contributed by atoms with Crippen molar-refractivity contribution in [1.29, 1.82) is 0 Å². The number of ether oxygens (including phenoxy) is 1. The normalized spacial score (nSPS) is 12.9. The Bertz CT molecular complexity index is 479. The Kier molecular flexibility index (Phi) is 6.62. The predicted molar refractivity (Wildman–Crippen MR) is 73.7 cm³/mol. The highest BCUT2D eigenvalue weighted by molar-refractivity contribution is 7.89. The van der Waals surface area contributed by atoms with Crippen molar-refractivity contribution in [3.63, 3.8) is 0 Å². The second kappa shape index (κ2) is 6.94. The van der Waals surface area contributed by atoms with Crippen molar-refractivity contribution >= 4 is 22.4 Å². The van der Waals surface area contributed by atoms with Crippen LogP contribution in [0.5, 0.6) is 5.75 Å². The number of nitrogens with zero attached hydrogens (tertiary/aromatic N) is 1. The van der Waals surface area contributed by atoms with E-state index in [-0.39, 0.29) is 29.9 Å². The minimum Gasteiger partial charge on any atom is -0.495 e. The number of likely N-dealkylation sites (N-methyl/N-ethyl adjacent to an activating group) is 1. The molecular formula is C11H19ClN2O3S. The van der Waals surface area contributed by atoms with E-state index in [0.717, 1.165) is 0 Å². The minimum atomic E-state index is -3.56. The minimum absolute atomic E-state index is 0. The summed E-state index contributed by atoms with van der Waals surface area (Å²) >= 11 is 0. The monoisotopic (exact) mass is 294 g/mol. The van der Waals surface area contributed by atoms with Crippen molar-refractivity contribution in [2.75, 3.05) is 20.7 Å². The average Bonchev–Trinajstić information content (AvgIpc) is 2.36. The summed E-state index contributed by atoms with van der Waals surface area (Å²) in [5.41, 5.74) is 5.48. The Morgan fingerprint density at radius 2 is 1.94 bits per heavy atom. The van der Waals surface area contributed by atoms with Gasteiger partial charge in [0.2, 0.25) is 10.0 Å². The number of halogens is 1. The highest BCUT2D eigenvalue weighted by atomic mass is 35.5. The fraction of sp³-hybridized carbons (Fsp3) is 0.455. The Balaban J connectivity index is 0.00000289. The van der Waals surface area contributed by atoms with Crippen LogP contribution in [0.25, 0.3) is 0 Å². The fourth-order valence-corrected chi connectivity index (χ4v) is 2.90. The lowest BCUT2D eigenvalue weighted by molar-refractivity contribution is 0.380. The third kappa shape index (κ3) is 3.35. The molecule has 1 rings (SSSR count). The van der Waals surface area contributed by atoms with Crippen molar-refractivity contribution in [3.8, 4) is 5.75 Å². The summed E-state index contributed by atoms with van der Waals surface area (Å²) in [5, 5.41) is 0. The van der Waals surface area contributed by atoms with E-state index in [9.17, 15) is 8.42 Å². The number of benzene rings is 1. The molecule has 0 saturated carbocycles. The van der Waals surface area contributed by atoms with Gasteiger partial charge in [-0.3, -0.25) is 0 Å². The Morgan fingerprint density at radius 1 is 1.39 bits per heavy atom. The van der Waals surface area contributed by atoms with E-state index in [2.05, 4.69) is 0 Å². The van der Waals surface area contributed by atoms with Gasteiger partial charge in [-0.05, 0) is 19.1 Å². The molecule has 5 nitrogen and oxygen atoms in total. The van der Waals surface area contributed by atoms with E-state index in [0.29, 0.717) is 5.75 Å². The molecule has 0 saturated heterocycles. The number of methoxy groups -OCH3 is 1. The highest BCUT2D eigenvalue weighted by Crippen LogP contribution is 2.26. The van der Waals surface area contributed by atoms with Gasteiger partial charge in [0.1, 0.15) is 10.6 Å². The van der Waals surface area contributed by atoms with Gasteiger partial charge in [-0.25, -0.2) is 8.42 Å². The molecule has 7 heteroatoms. The van der Waals surface area contributed by atoms with E-state index in [1.807, 2.05) is 0 Å². The molecule has 0 aliphatic heterocycles. The summed E-state index contributed by atoms with van der Waals surface area (Å²) < 4.78 is 30.9. The number of hydrogen-bond donors (Lipinski definition) is 1. The van der Waals surface area contributed by atoms with E-state index in [1.165, 1.54) is 24.5 Å². The third-order valence-corrected chi connectivity index (χ3v) is 4.70. The van der Waals surface area contributed by atoms with Gasteiger partial charge in [-0.15, -0.1) is 12.4 Å². The Morgan fingerprint density at radius 3 is 2.44 bits per heavy atom. The number of rotatable bonds is 5. The molecular weight excluding hydrogens is 276 g/mol. The summed E-state index contributed by atoms with van der Waals surface area (Å²) in [6, 6.07) is 6.27. The lowest BCUT2D eigenvalue weighted by atomic mass is 10.3. The van der Waals surface area contributed by atoms with Crippen LogP contribution >= 0.6 is 12.4 Å². The maximum Gasteiger partial charge on any atom is 0.246 e. The maximum atomic E-state index is 12.3. The van der Waals surface area contributed by atoms with Crippen LogP contribution in [-0.2, 0) is 10.0 Å². The summed E-state index contributed by atoms with van der Waals surface area (Å²) in [6.07, 6.45) is 0. The van der Waals surface area contributed by atoms with Crippen LogP contribution in [0.1, 0.15) is 6.92 Å². The van der Waals surface area contributed by atoms with Gasteiger partial charge < -0.3 is 10.5 Å². The molecule has 2 N–H and O–H groups in total. The molecule has 1 unspecified atom stereocenters. The van der Waals surface area contributed by atoms with Crippen molar-refractivity contribution in [3.05, 3.63) is 24.3 Å². The number of para-hydroxylation sites is 1. The molecule has 104 valence electrons. The Hall–Kier alpha value is -0.820. The second-order valence-corrected chi connectivity index (χ2v) is 5.72. The lowest BCUT2D eigenvalue weighted by Gasteiger charge is -2.23. The van der Waals surface area contributed by atoms with Crippen LogP contribution in [0.2, 0.25) is 0 Å². The van der Waals surface area contributed by atoms with Gasteiger partial charge in [-0.1, -0.05) is 12.1 Å². The molecule has 0 aliphatic carbocycles. The smallest absolute Gasteiger partial charge is 0.246 e. The molecule has 0 amide bonds. The van der Waals surface area contributed by atoms with E-state index >= 15 is 0 Å². The van der Waals surface area contributed by atoms with Crippen LogP contribution in [0.4, 0.5) is 0 Å². The molecule has 1 aromatic rings. The van der Waals surface area contributed by atoms with E-state index in [1.54, 1.807) is 25.1 Å². The third-order valence-electron chi connectivity index (χ3n) is 2.69. The first-order valence-corrected chi connectivity index (χ1v) is 6.70. The summed E-state index contributed by atoms with van der Waals surface area (Å²) in [4.78, 5) is 0.158. The molecule has 0 bridgehead atoms. The molecule has 0 radical (unpaired) electrons. The molecule has 0 heterocycles. The van der Waals surface area contributed by atoms with Crippen LogP contribution in [0.15, 0.2) is 29.2 Å². The number of sulfonamides is 1. The molecule has 0 fully saturated rings. The maximum absolute atomic E-state index is 12.3. The average molecular weight is 295 g/mol. The second-order valence-electron chi connectivity index (χ2n) is 3.76. The van der Waals surface area contributed by atoms with Crippen molar-refractivity contribution in [1.82, 2.24) is 4.31 Å². The number of hydrogen-bond acceptors (Lipinski definition) is 4. The summed E-state index contributed by atoms with van der Waals surface area (Å²) in [7, 11) is -0.606. The topological polar surface area (TPSA) is 72.6 Å². The molecule has 0 spiro atoms. The highest BCUT2D eigenvalue weighted by Gasteiger charge is 2.27. The molecule has 1 aromatic carbocycles. The van der Waals surface area contributed by atoms with Gasteiger partial charge >= 0.3 is 0 Å². The zero-order valence-corrected chi connectivity index (χ0v) is 12.3. The first-order valence-electron chi connectivity index (χ1n) is 5.26. The first kappa shape index (κ1) is 17.2. The van der Waals surface area contributed by atoms with Crippen molar-refractivity contribution in [2.45, 2.75) is 17.9 Å². The number of nitrogens with two attached hydrogens (primary N) is 1. The Labute approximate surface area is 114 Å². The lowest BCUT2D eigenvalue weighted by Crippen LogP contribution is -2.39. The molecule has 0 aromatic heterocycles. The summed E-state index contributed by atoms with van der Waals surface area (Å²) in [6.45, 7) is 2.03. The SMILES string of the molecule is COc1ccccc1S(=O)(=O)N(C)C(C)CN.Cl. The van der Waals surface area contributed by atoms with E-state index < -0.39 is 10.0 Å². The van der Waals surface area contributed by atoms with Gasteiger partial charge in [0, 0.05) is 19.6 Å². The molecule has 0 aliphatic rings. The van der Waals surface area contributed by atoms with Crippen molar-refractivity contribution < 1.29 is 13.2 Å². The van der Waals surface area contributed by atoms with Crippen LogP contribution in [0, 0.1) is 0 Å². The van der Waals surface area contributed by atoms with Crippen LogP contribution in [-0.4, -0.2) is 39.5 Å². The van der Waals surface area contributed by atoms with Gasteiger partial charge in [0.25, 0.3) is 0 Å². The van der Waals surface area contributed by atoms with Gasteiger partial charge in [0.05, 0.1) is 7.11 Å². The standard InChI is InChI=1S/C11H18N2O3S.ClH/c1-9(8-12)13(2)17(14,15)11-7-5-4-6-10(11)16-3;/h4-7,9H,8,12H2,1-3H3;1H. The predicted octanol–water partition coefficient (Wildman–Crippen LogP) is 1.08. The van der Waals surface area contributed by atoms with Crippen LogP contribution in [0.3, 0.4) is 0 Å². The fourth-order valence-electron chi connectivity index (χ4n) is 1.37. The van der Waals surface area contributed by atoms with Gasteiger partial charge in [0.15, 0.2) is 0 Å². The van der Waals surface area contributed by atoms with Crippen LogP contribution < -0.4 is 10.5 Å². The zero-order chi connectivity index (χ0) is 13.1. The van der Waals surface area contributed by atoms with E-state index in [4.69, 9.17) is 10.5 Å². The zero-order valence-electron chi connectivity index (χ0n) is 10.7. The quantitative estimate of drug-likeness (QED) is 0.882.